The topological polar surface area (TPSA) is 49.0 Å². The largest absolute Gasteiger partial charge is 0.361 e. The average molecular weight is 373 g/mol. The van der Waals surface area contributed by atoms with Crippen molar-refractivity contribution < 1.29 is 0 Å². The summed E-state index contributed by atoms with van der Waals surface area (Å²) < 4.78 is 0. The van der Waals surface area contributed by atoms with E-state index in [9.17, 15) is 4.79 Å². The first-order valence-corrected chi connectivity index (χ1v) is 9.93. The van der Waals surface area contributed by atoms with Crippen LogP contribution in [-0.2, 0) is 13.0 Å². The maximum atomic E-state index is 12.6. The Kier molecular flexibility index (Phi) is 3.83. The number of anilines is 1. The van der Waals surface area contributed by atoms with Gasteiger partial charge in [0.15, 0.2) is 0 Å². The number of nitrogens with zero attached hydrogens (tertiary/aromatic N) is 2. The van der Waals surface area contributed by atoms with Gasteiger partial charge in [0.2, 0.25) is 0 Å². The van der Waals surface area contributed by atoms with Gasteiger partial charge in [0.25, 0.3) is 5.56 Å². The van der Waals surface area contributed by atoms with Crippen LogP contribution in [0.1, 0.15) is 18.3 Å². The standard InChI is InChI=1S/C22H19N3OS/c1-14-11-16-9-5-6-10-18(16)25(14)13-20-23-21(26)17-12-19(27-22(17)24-20)15-7-3-2-4-8-15/h2-10,12,14H,11,13H2,1H3,(H,23,24,26)/t14-/m1/s1. The molecule has 0 spiro atoms. The Labute approximate surface area is 161 Å². The number of rotatable bonds is 3. The Morgan fingerprint density at radius 2 is 1.93 bits per heavy atom. The number of benzene rings is 2. The summed E-state index contributed by atoms with van der Waals surface area (Å²) in [4.78, 5) is 24.6. The number of para-hydroxylation sites is 1. The van der Waals surface area contributed by atoms with Crippen molar-refractivity contribution in [2.45, 2.75) is 25.9 Å². The summed E-state index contributed by atoms with van der Waals surface area (Å²) in [6.07, 6.45) is 1.03. The Hall–Kier alpha value is -2.92. The Bertz CT molecular complexity index is 1180. The average Bonchev–Trinajstić information content (AvgIpc) is 3.25. The van der Waals surface area contributed by atoms with Crippen molar-refractivity contribution in [3.8, 4) is 10.4 Å². The van der Waals surface area contributed by atoms with E-state index >= 15 is 0 Å². The van der Waals surface area contributed by atoms with Crippen LogP contribution in [-0.4, -0.2) is 16.0 Å². The molecule has 27 heavy (non-hydrogen) atoms. The van der Waals surface area contributed by atoms with Crippen LogP contribution in [0.4, 0.5) is 5.69 Å². The molecular weight excluding hydrogens is 354 g/mol. The normalized spacial score (nSPS) is 16.0. The number of nitrogens with one attached hydrogen (secondary N) is 1. The van der Waals surface area contributed by atoms with Crippen LogP contribution in [0.2, 0.25) is 0 Å². The molecule has 0 saturated heterocycles. The second kappa shape index (κ2) is 6.35. The molecule has 3 heterocycles. The van der Waals surface area contributed by atoms with Crippen LogP contribution < -0.4 is 10.5 Å². The Morgan fingerprint density at radius 3 is 2.78 bits per heavy atom. The highest BCUT2D eigenvalue weighted by Gasteiger charge is 2.26. The van der Waals surface area contributed by atoms with E-state index < -0.39 is 0 Å². The maximum absolute atomic E-state index is 12.6. The predicted molar refractivity (Wildman–Crippen MR) is 111 cm³/mol. The van der Waals surface area contributed by atoms with Crippen LogP contribution in [0.5, 0.6) is 0 Å². The Balaban J connectivity index is 1.53. The van der Waals surface area contributed by atoms with E-state index in [1.165, 1.54) is 11.3 Å². The van der Waals surface area contributed by atoms with E-state index in [0.29, 0.717) is 18.0 Å². The van der Waals surface area contributed by atoms with Crippen LogP contribution in [0.25, 0.3) is 20.7 Å². The highest BCUT2D eigenvalue weighted by atomic mass is 32.1. The van der Waals surface area contributed by atoms with Crippen molar-refractivity contribution in [2.24, 2.45) is 0 Å². The number of fused-ring (bicyclic) bond motifs is 2. The molecule has 2 aromatic heterocycles. The fourth-order valence-electron chi connectivity index (χ4n) is 3.83. The van der Waals surface area contributed by atoms with Crippen LogP contribution in [0.15, 0.2) is 65.5 Å². The lowest BCUT2D eigenvalue weighted by atomic mass is 10.1. The first-order valence-electron chi connectivity index (χ1n) is 9.12. The van der Waals surface area contributed by atoms with E-state index in [1.807, 2.05) is 24.3 Å². The van der Waals surface area contributed by atoms with Gasteiger partial charge in [-0.05, 0) is 36.6 Å². The van der Waals surface area contributed by atoms with Gasteiger partial charge in [-0.25, -0.2) is 4.98 Å². The minimum atomic E-state index is -0.0615. The fourth-order valence-corrected chi connectivity index (χ4v) is 4.88. The zero-order chi connectivity index (χ0) is 18.4. The number of H-pyrrole nitrogens is 1. The smallest absolute Gasteiger partial charge is 0.259 e. The summed E-state index contributed by atoms with van der Waals surface area (Å²) in [7, 11) is 0. The minimum absolute atomic E-state index is 0.0615. The molecule has 1 atom stereocenters. The molecule has 1 aliphatic rings. The van der Waals surface area contributed by atoms with Gasteiger partial charge in [0, 0.05) is 16.6 Å². The molecule has 0 unspecified atom stereocenters. The molecule has 0 bridgehead atoms. The number of aromatic amines is 1. The van der Waals surface area contributed by atoms with E-state index in [1.54, 1.807) is 11.3 Å². The minimum Gasteiger partial charge on any atom is -0.361 e. The van der Waals surface area contributed by atoms with Crippen LogP contribution >= 0.6 is 11.3 Å². The van der Waals surface area contributed by atoms with Crippen molar-refractivity contribution in [2.75, 3.05) is 4.90 Å². The molecule has 1 N–H and O–H groups in total. The molecule has 4 nitrogen and oxygen atoms in total. The fraction of sp³-hybridized carbons (Fsp3) is 0.182. The SMILES string of the molecule is C[C@@H]1Cc2ccccc2N1Cc1nc2sc(-c3ccccc3)cc2c(=O)[nH]1. The van der Waals surface area contributed by atoms with Crippen LogP contribution in [0, 0.1) is 0 Å². The molecule has 5 rings (SSSR count). The molecule has 2 aromatic carbocycles. The maximum Gasteiger partial charge on any atom is 0.259 e. The third-order valence-corrected chi connectivity index (χ3v) is 6.26. The van der Waals surface area contributed by atoms with E-state index in [-0.39, 0.29) is 5.56 Å². The van der Waals surface area contributed by atoms with E-state index in [2.05, 4.69) is 53.2 Å². The highest BCUT2D eigenvalue weighted by molar-refractivity contribution is 7.21. The third kappa shape index (κ3) is 2.84. The summed E-state index contributed by atoms with van der Waals surface area (Å²) >= 11 is 1.57. The van der Waals surface area contributed by atoms with Gasteiger partial charge >= 0.3 is 0 Å². The molecular formula is C22H19N3OS. The quantitative estimate of drug-likeness (QED) is 0.571. The van der Waals surface area contributed by atoms with Crippen molar-refractivity contribution in [3.05, 3.63) is 82.4 Å². The molecule has 0 amide bonds. The zero-order valence-corrected chi connectivity index (χ0v) is 15.8. The summed E-state index contributed by atoms with van der Waals surface area (Å²) in [5.41, 5.74) is 3.65. The summed E-state index contributed by atoms with van der Waals surface area (Å²) in [6.45, 7) is 2.83. The lowest BCUT2D eigenvalue weighted by molar-refractivity contribution is 0.655. The lowest BCUT2D eigenvalue weighted by Gasteiger charge is -2.24. The monoisotopic (exact) mass is 373 g/mol. The molecule has 0 radical (unpaired) electrons. The second-order valence-electron chi connectivity index (χ2n) is 7.02. The van der Waals surface area contributed by atoms with Gasteiger partial charge in [-0.15, -0.1) is 11.3 Å². The molecule has 0 saturated carbocycles. The first kappa shape index (κ1) is 16.3. The summed E-state index contributed by atoms with van der Waals surface area (Å²) in [6, 6.07) is 20.9. The lowest BCUT2D eigenvalue weighted by Crippen LogP contribution is -2.30. The first-order chi connectivity index (χ1) is 13.2. The van der Waals surface area contributed by atoms with E-state index in [0.717, 1.165) is 27.5 Å². The molecule has 1 aliphatic heterocycles. The van der Waals surface area contributed by atoms with Gasteiger partial charge in [0.1, 0.15) is 10.7 Å². The highest BCUT2D eigenvalue weighted by Crippen LogP contribution is 2.34. The van der Waals surface area contributed by atoms with Gasteiger partial charge in [0.05, 0.1) is 11.9 Å². The molecule has 0 fully saturated rings. The van der Waals surface area contributed by atoms with Crippen molar-refractivity contribution in [1.82, 2.24) is 9.97 Å². The molecule has 134 valence electrons. The second-order valence-corrected chi connectivity index (χ2v) is 8.05. The van der Waals surface area contributed by atoms with Crippen LogP contribution in [0.3, 0.4) is 0 Å². The molecule has 0 aliphatic carbocycles. The van der Waals surface area contributed by atoms with Gasteiger partial charge in [-0.3, -0.25) is 4.79 Å². The Morgan fingerprint density at radius 1 is 1.15 bits per heavy atom. The number of thiophene rings is 1. The van der Waals surface area contributed by atoms with E-state index in [4.69, 9.17) is 4.98 Å². The van der Waals surface area contributed by atoms with Crippen molar-refractivity contribution >= 4 is 27.2 Å². The van der Waals surface area contributed by atoms with Crippen molar-refractivity contribution in [1.29, 1.82) is 0 Å². The van der Waals surface area contributed by atoms with Gasteiger partial charge in [-0.2, -0.15) is 0 Å². The van der Waals surface area contributed by atoms with Gasteiger partial charge in [-0.1, -0.05) is 48.5 Å². The molecule has 5 heteroatoms. The predicted octanol–water partition coefficient (Wildman–Crippen LogP) is 4.60. The van der Waals surface area contributed by atoms with Gasteiger partial charge < -0.3 is 9.88 Å². The molecule has 4 aromatic rings. The van der Waals surface area contributed by atoms with Crippen molar-refractivity contribution in [3.63, 3.8) is 0 Å². The number of hydrogen-bond donors (Lipinski definition) is 1. The zero-order valence-electron chi connectivity index (χ0n) is 15.0. The third-order valence-electron chi connectivity index (χ3n) is 5.18. The number of hydrogen-bond acceptors (Lipinski definition) is 4. The summed E-state index contributed by atoms with van der Waals surface area (Å²) in [5.74, 6) is 0.720. The number of aromatic nitrogens is 2. The summed E-state index contributed by atoms with van der Waals surface area (Å²) in [5, 5.41) is 0.664.